The molecule has 1 aliphatic rings. The smallest absolute Gasteiger partial charge is 0.240 e. The Morgan fingerprint density at radius 2 is 2.31 bits per heavy atom. The molecule has 4 nitrogen and oxygen atoms in total. The maximum atomic E-state index is 12.9. The van der Waals surface area contributed by atoms with Crippen LogP contribution in [-0.2, 0) is 4.79 Å². The van der Waals surface area contributed by atoms with Crippen LogP contribution < -0.4 is 10.6 Å². The van der Waals surface area contributed by atoms with E-state index in [1.165, 1.54) is 18.2 Å². The molecule has 1 aromatic rings. The van der Waals surface area contributed by atoms with Crippen LogP contribution in [0.1, 0.15) is 12.8 Å². The highest BCUT2D eigenvalue weighted by atomic mass is 19.1. The van der Waals surface area contributed by atoms with E-state index in [4.69, 9.17) is 5.73 Å². The Labute approximate surface area is 92.5 Å². The Morgan fingerprint density at radius 3 is 2.94 bits per heavy atom. The number of rotatable bonds is 2. The van der Waals surface area contributed by atoms with E-state index in [0.29, 0.717) is 18.7 Å². The molecule has 1 atom stereocenters. The fourth-order valence-corrected chi connectivity index (χ4v) is 2.05. The van der Waals surface area contributed by atoms with Crippen molar-refractivity contribution in [2.75, 3.05) is 11.4 Å². The molecule has 1 aromatic carbocycles. The Balaban J connectivity index is 2.29. The Kier molecular flexibility index (Phi) is 2.68. The van der Waals surface area contributed by atoms with E-state index >= 15 is 0 Å². The maximum absolute atomic E-state index is 12.9. The largest absolute Gasteiger partial charge is 0.505 e. The van der Waals surface area contributed by atoms with Gasteiger partial charge in [-0.1, -0.05) is 0 Å². The first kappa shape index (κ1) is 10.7. The van der Waals surface area contributed by atoms with Gasteiger partial charge in [-0.3, -0.25) is 4.79 Å². The molecule has 1 unspecified atom stereocenters. The van der Waals surface area contributed by atoms with E-state index in [0.717, 1.165) is 6.42 Å². The second kappa shape index (κ2) is 4.00. The summed E-state index contributed by atoms with van der Waals surface area (Å²) in [6, 6.07) is 3.68. The van der Waals surface area contributed by atoms with Gasteiger partial charge in [0, 0.05) is 18.3 Å². The van der Waals surface area contributed by atoms with Crippen molar-refractivity contribution in [3.8, 4) is 5.75 Å². The molecule has 86 valence electrons. The molecule has 1 aliphatic heterocycles. The Hall–Kier alpha value is -1.78. The normalized spacial score (nSPS) is 20.1. The number of hydrogen-bond acceptors (Lipinski definition) is 3. The summed E-state index contributed by atoms with van der Waals surface area (Å²) in [6.45, 7) is 0.693. The number of phenolic OH excluding ortho intramolecular Hbond substituents is 1. The summed E-state index contributed by atoms with van der Waals surface area (Å²) in [5.41, 5.74) is 5.90. The highest BCUT2D eigenvalue weighted by Crippen LogP contribution is 2.29. The topological polar surface area (TPSA) is 66.6 Å². The second-order valence-corrected chi connectivity index (χ2v) is 3.89. The van der Waals surface area contributed by atoms with Gasteiger partial charge in [0.15, 0.2) is 11.6 Å². The van der Waals surface area contributed by atoms with Gasteiger partial charge in [-0.25, -0.2) is 4.39 Å². The second-order valence-electron chi connectivity index (χ2n) is 3.89. The molecule has 1 heterocycles. The van der Waals surface area contributed by atoms with E-state index in [1.807, 2.05) is 0 Å². The highest BCUT2D eigenvalue weighted by molar-refractivity contribution is 5.84. The molecular formula is C11H13FN2O2. The van der Waals surface area contributed by atoms with Crippen molar-refractivity contribution in [3.05, 3.63) is 24.0 Å². The number of amides is 1. The number of halogens is 1. The molecule has 3 N–H and O–H groups in total. The predicted octanol–water partition coefficient (Wildman–Crippen LogP) is 0.985. The summed E-state index contributed by atoms with van der Waals surface area (Å²) in [6.07, 6.45) is 1.57. The average Bonchev–Trinajstić information content (AvgIpc) is 2.71. The van der Waals surface area contributed by atoms with Crippen molar-refractivity contribution in [2.24, 2.45) is 5.73 Å². The molecular weight excluding hydrogens is 211 g/mol. The average molecular weight is 224 g/mol. The summed E-state index contributed by atoms with van der Waals surface area (Å²) in [5, 5.41) is 9.27. The van der Waals surface area contributed by atoms with E-state index in [-0.39, 0.29) is 11.9 Å². The van der Waals surface area contributed by atoms with E-state index in [9.17, 15) is 14.3 Å². The van der Waals surface area contributed by atoms with Crippen LogP contribution in [0, 0.1) is 5.82 Å². The van der Waals surface area contributed by atoms with Crippen LogP contribution in [0.4, 0.5) is 10.1 Å². The highest BCUT2D eigenvalue weighted by Gasteiger charge is 2.29. The lowest BCUT2D eigenvalue weighted by atomic mass is 10.2. The minimum absolute atomic E-state index is 0.357. The lowest BCUT2D eigenvalue weighted by Gasteiger charge is -2.24. The number of nitrogens with two attached hydrogens (primary N) is 1. The summed E-state index contributed by atoms with van der Waals surface area (Å²) in [5.74, 6) is -1.47. The van der Waals surface area contributed by atoms with Crippen LogP contribution in [-0.4, -0.2) is 23.6 Å². The van der Waals surface area contributed by atoms with E-state index < -0.39 is 11.6 Å². The number of carbonyl (C=O) groups excluding carboxylic acids is 1. The number of anilines is 1. The van der Waals surface area contributed by atoms with Crippen molar-refractivity contribution < 1.29 is 14.3 Å². The van der Waals surface area contributed by atoms with Gasteiger partial charge in [0.25, 0.3) is 0 Å². The van der Waals surface area contributed by atoms with Gasteiger partial charge in [0.05, 0.1) is 0 Å². The van der Waals surface area contributed by atoms with Crippen LogP contribution in [0.2, 0.25) is 0 Å². The first-order chi connectivity index (χ1) is 7.59. The molecule has 5 heteroatoms. The van der Waals surface area contributed by atoms with Crippen molar-refractivity contribution >= 4 is 11.6 Å². The van der Waals surface area contributed by atoms with Crippen LogP contribution in [0.25, 0.3) is 0 Å². The maximum Gasteiger partial charge on any atom is 0.240 e. The lowest BCUT2D eigenvalue weighted by molar-refractivity contribution is -0.119. The Bertz CT molecular complexity index is 422. The van der Waals surface area contributed by atoms with Gasteiger partial charge in [-0.2, -0.15) is 0 Å². The molecule has 2 rings (SSSR count). The molecule has 16 heavy (non-hydrogen) atoms. The monoisotopic (exact) mass is 224 g/mol. The molecule has 0 bridgehead atoms. The van der Waals surface area contributed by atoms with Crippen LogP contribution in [0.3, 0.4) is 0 Å². The molecule has 0 radical (unpaired) electrons. The SMILES string of the molecule is NC(=O)C1CCCN1c1ccc(F)c(O)c1. The number of carbonyl (C=O) groups is 1. The lowest BCUT2D eigenvalue weighted by Crippen LogP contribution is -2.40. The minimum atomic E-state index is -0.668. The van der Waals surface area contributed by atoms with Crippen molar-refractivity contribution in [1.29, 1.82) is 0 Å². The van der Waals surface area contributed by atoms with E-state index in [1.54, 1.807) is 4.90 Å². The number of primary amides is 1. The first-order valence-electron chi connectivity index (χ1n) is 5.14. The first-order valence-corrected chi connectivity index (χ1v) is 5.14. The summed E-state index contributed by atoms with van der Waals surface area (Å²) in [7, 11) is 0. The predicted molar refractivity (Wildman–Crippen MR) is 57.6 cm³/mol. The molecule has 1 amide bonds. The molecule has 0 saturated carbocycles. The summed E-state index contributed by atoms with van der Waals surface area (Å²) in [4.78, 5) is 13.0. The van der Waals surface area contributed by atoms with Gasteiger partial charge < -0.3 is 15.7 Å². The minimum Gasteiger partial charge on any atom is -0.505 e. The number of nitrogens with zero attached hydrogens (tertiary/aromatic N) is 1. The molecule has 0 aliphatic carbocycles. The number of phenols is 1. The zero-order chi connectivity index (χ0) is 11.7. The zero-order valence-electron chi connectivity index (χ0n) is 8.69. The van der Waals surface area contributed by atoms with Crippen LogP contribution in [0.15, 0.2) is 18.2 Å². The van der Waals surface area contributed by atoms with Crippen molar-refractivity contribution in [2.45, 2.75) is 18.9 Å². The molecule has 0 spiro atoms. The fraction of sp³-hybridized carbons (Fsp3) is 0.364. The standard InChI is InChI=1S/C11H13FN2O2/c12-8-4-3-7(6-10(8)15)14-5-1-2-9(14)11(13)16/h3-4,6,9,15H,1-2,5H2,(H2,13,16). The number of aromatic hydroxyl groups is 1. The molecule has 1 fully saturated rings. The summed E-state index contributed by atoms with van der Waals surface area (Å²) < 4.78 is 12.9. The third-order valence-corrected chi connectivity index (χ3v) is 2.84. The quantitative estimate of drug-likeness (QED) is 0.787. The van der Waals surface area contributed by atoms with Crippen LogP contribution >= 0.6 is 0 Å². The van der Waals surface area contributed by atoms with Gasteiger partial charge >= 0.3 is 0 Å². The van der Waals surface area contributed by atoms with Gasteiger partial charge in [0.2, 0.25) is 5.91 Å². The Morgan fingerprint density at radius 1 is 1.56 bits per heavy atom. The fourth-order valence-electron chi connectivity index (χ4n) is 2.05. The van der Waals surface area contributed by atoms with Crippen LogP contribution in [0.5, 0.6) is 5.75 Å². The zero-order valence-corrected chi connectivity index (χ0v) is 8.69. The van der Waals surface area contributed by atoms with Gasteiger partial charge in [-0.05, 0) is 25.0 Å². The summed E-state index contributed by atoms with van der Waals surface area (Å²) >= 11 is 0. The van der Waals surface area contributed by atoms with Crippen molar-refractivity contribution in [1.82, 2.24) is 0 Å². The van der Waals surface area contributed by atoms with Crippen molar-refractivity contribution in [3.63, 3.8) is 0 Å². The molecule has 1 saturated heterocycles. The number of benzene rings is 1. The van der Waals surface area contributed by atoms with Gasteiger partial charge in [-0.15, -0.1) is 0 Å². The third kappa shape index (κ3) is 1.80. The third-order valence-electron chi connectivity index (χ3n) is 2.84. The van der Waals surface area contributed by atoms with Gasteiger partial charge in [0.1, 0.15) is 6.04 Å². The van der Waals surface area contributed by atoms with E-state index in [2.05, 4.69) is 0 Å². The number of hydrogen-bond donors (Lipinski definition) is 2. The molecule has 0 aromatic heterocycles.